The minimum Gasteiger partial charge on any atom is -0.494 e. The molecule has 7 rings (SSSR count). The maximum Gasteiger partial charge on any atom is 0.306 e. The highest BCUT2D eigenvalue weighted by molar-refractivity contribution is 5.81. The van der Waals surface area contributed by atoms with Crippen molar-refractivity contribution in [2.45, 2.75) is 65.7 Å². The molecule has 0 amide bonds. The molecular weight excluding hydrogens is 879 g/mol. The molecule has 0 aliphatic rings. The highest BCUT2D eigenvalue weighted by Crippen LogP contribution is 2.39. The molecule has 0 N–H and O–H groups in total. The molecule has 360 valence electrons. The average Bonchev–Trinajstić information content (AvgIpc) is 3.40. The van der Waals surface area contributed by atoms with Crippen molar-refractivity contribution in [3.8, 4) is 22.9 Å². The van der Waals surface area contributed by atoms with E-state index in [2.05, 4.69) is 155 Å². The van der Waals surface area contributed by atoms with Crippen LogP contribution in [0.2, 0.25) is 0 Å². The van der Waals surface area contributed by atoms with Gasteiger partial charge in [-0.2, -0.15) is 5.26 Å². The second kappa shape index (κ2) is 26.0. The fourth-order valence-electron chi connectivity index (χ4n) is 9.06. The summed E-state index contributed by atoms with van der Waals surface area (Å²) in [7, 11) is 0. The van der Waals surface area contributed by atoms with Crippen LogP contribution in [-0.2, 0) is 14.3 Å². The van der Waals surface area contributed by atoms with Gasteiger partial charge in [0.05, 0.1) is 31.4 Å². The summed E-state index contributed by atoms with van der Waals surface area (Å²) in [4.78, 5) is 35.7. The fraction of sp³-hybridized carbons (Fsp3) is 0.258. The number of ether oxygens (including phenoxy) is 2. The molecule has 0 fully saturated rings. The van der Waals surface area contributed by atoms with E-state index in [1.807, 2.05) is 61.5 Å². The van der Waals surface area contributed by atoms with Gasteiger partial charge in [0, 0.05) is 78.2 Å². The first-order valence-electron chi connectivity index (χ1n) is 24.8. The molecule has 9 heteroatoms. The first-order chi connectivity index (χ1) is 34.7. The summed E-state index contributed by atoms with van der Waals surface area (Å²) < 4.78 is 11.8. The number of hydrogen-bond acceptors (Lipinski definition) is 8. The Morgan fingerprint density at radius 2 is 1.11 bits per heavy atom. The summed E-state index contributed by atoms with van der Waals surface area (Å²) in [6.45, 7) is 15.7. The number of carbonyl (C=O) groups excluding carboxylic acids is 2. The molecule has 0 bridgehead atoms. The summed E-state index contributed by atoms with van der Waals surface area (Å²) in [5, 5.41) is 9.40. The number of para-hydroxylation sites is 3. The maximum absolute atomic E-state index is 13.0. The third kappa shape index (κ3) is 14.4. The van der Waals surface area contributed by atoms with Crippen LogP contribution in [0.25, 0.3) is 16.0 Å². The van der Waals surface area contributed by atoms with E-state index in [0.29, 0.717) is 50.1 Å². The zero-order chi connectivity index (χ0) is 49.8. The number of Topliss-reactive ketones (excluding diaryl/α,β-unsaturated/α-hetero) is 1. The standard InChI is InChI=1S/C62H63N5O4/c1-5-65(57-36-37-61(64-4)51(44-57)46-63)38-15-16-39-71-62(69)43-48(3)41-47(2)42-59(68)26-18-40-70-60-27-17-25-58(45-60)67(54-23-13-8-14-24-54)56-34-30-50(31-35-56)49-28-32-55(33-29-49)66(52-19-9-6-10-20-52)53-21-11-7-12-22-53/h6-14,17,19-25,27-37,44-45,47-48H,5,15-16,18,26,38-43H2,1-3H3. The molecule has 71 heavy (non-hydrogen) atoms. The van der Waals surface area contributed by atoms with E-state index in [0.717, 1.165) is 89.0 Å². The Morgan fingerprint density at radius 3 is 1.66 bits per heavy atom. The van der Waals surface area contributed by atoms with Gasteiger partial charge >= 0.3 is 5.97 Å². The summed E-state index contributed by atoms with van der Waals surface area (Å²) in [6, 6.07) is 64.0. The lowest BCUT2D eigenvalue weighted by molar-refractivity contribution is -0.144. The lowest BCUT2D eigenvalue weighted by Crippen LogP contribution is -2.24. The van der Waals surface area contributed by atoms with Crippen LogP contribution in [0.1, 0.15) is 71.3 Å². The van der Waals surface area contributed by atoms with Crippen LogP contribution >= 0.6 is 0 Å². The van der Waals surface area contributed by atoms with E-state index in [-0.39, 0.29) is 23.6 Å². The molecule has 2 unspecified atom stereocenters. The molecule has 0 saturated carbocycles. The van der Waals surface area contributed by atoms with Crippen molar-refractivity contribution in [3.05, 3.63) is 199 Å². The van der Waals surface area contributed by atoms with Crippen molar-refractivity contribution in [2.75, 3.05) is 41.0 Å². The molecule has 0 aliphatic carbocycles. The Morgan fingerprint density at radius 1 is 0.592 bits per heavy atom. The normalized spacial score (nSPS) is 11.6. The minimum absolute atomic E-state index is 0.104. The van der Waals surface area contributed by atoms with Crippen LogP contribution in [-0.4, -0.2) is 38.1 Å². The monoisotopic (exact) mass is 941 g/mol. The molecule has 0 aromatic heterocycles. The summed E-state index contributed by atoms with van der Waals surface area (Å²) >= 11 is 0. The van der Waals surface area contributed by atoms with Crippen LogP contribution in [0, 0.1) is 29.7 Å². The van der Waals surface area contributed by atoms with Crippen LogP contribution < -0.4 is 19.4 Å². The van der Waals surface area contributed by atoms with Gasteiger partial charge in [0.15, 0.2) is 0 Å². The number of unbranched alkanes of at least 4 members (excludes halogenated alkanes) is 1. The first kappa shape index (κ1) is 50.7. The van der Waals surface area contributed by atoms with Crippen molar-refractivity contribution >= 4 is 57.3 Å². The molecule has 2 atom stereocenters. The number of anilines is 7. The van der Waals surface area contributed by atoms with Gasteiger partial charge in [0.2, 0.25) is 5.69 Å². The number of carbonyl (C=O) groups is 2. The van der Waals surface area contributed by atoms with Crippen molar-refractivity contribution < 1.29 is 19.1 Å². The second-order valence-electron chi connectivity index (χ2n) is 18.0. The van der Waals surface area contributed by atoms with Crippen molar-refractivity contribution in [1.29, 1.82) is 5.26 Å². The SMILES string of the molecule is [C-]#[N+]c1ccc(N(CC)CCCCOC(=O)CC(C)CC(C)CC(=O)CCCOc2cccc(N(c3ccccc3)c3ccc(-c4ccc(N(c5ccccc5)c5ccccc5)cc4)cc3)c2)cc1C#N. The Labute approximate surface area is 420 Å². The fourth-order valence-corrected chi connectivity index (χ4v) is 9.06. The zero-order valence-electron chi connectivity index (χ0n) is 41.1. The van der Waals surface area contributed by atoms with Gasteiger partial charge in [0.25, 0.3) is 0 Å². The quantitative estimate of drug-likeness (QED) is 0.0318. The van der Waals surface area contributed by atoms with Gasteiger partial charge in [-0.1, -0.05) is 105 Å². The van der Waals surface area contributed by atoms with E-state index >= 15 is 0 Å². The number of esters is 1. The largest absolute Gasteiger partial charge is 0.494 e. The Hall–Kier alpha value is -8.14. The number of ketones is 1. The predicted molar refractivity (Wildman–Crippen MR) is 289 cm³/mol. The zero-order valence-corrected chi connectivity index (χ0v) is 41.1. The van der Waals surface area contributed by atoms with Crippen LogP contribution in [0.3, 0.4) is 0 Å². The van der Waals surface area contributed by atoms with Crippen LogP contribution in [0.15, 0.2) is 182 Å². The topological polar surface area (TPSA) is 90.5 Å². The first-order valence-corrected chi connectivity index (χ1v) is 24.8. The molecule has 0 radical (unpaired) electrons. The van der Waals surface area contributed by atoms with Crippen molar-refractivity contribution in [1.82, 2.24) is 0 Å². The van der Waals surface area contributed by atoms with Crippen LogP contribution in [0.5, 0.6) is 5.75 Å². The average molecular weight is 942 g/mol. The maximum atomic E-state index is 13.0. The lowest BCUT2D eigenvalue weighted by atomic mass is 9.90. The van der Waals surface area contributed by atoms with Gasteiger partial charge in [-0.05, 0) is 140 Å². The van der Waals surface area contributed by atoms with Gasteiger partial charge in [0.1, 0.15) is 11.5 Å². The van der Waals surface area contributed by atoms with E-state index in [1.54, 1.807) is 12.1 Å². The molecule has 0 spiro atoms. The van der Waals surface area contributed by atoms with Crippen LogP contribution in [0.4, 0.5) is 45.5 Å². The number of rotatable bonds is 25. The molecule has 7 aromatic rings. The number of hydrogen-bond donors (Lipinski definition) is 0. The predicted octanol–water partition coefficient (Wildman–Crippen LogP) is 15.7. The van der Waals surface area contributed by atoms with Gasteiger partial charge in [-0.3, -0.25) is 9.59 Å². The second-order valence-corrected chi connectivity index (χ2v) is 18.0. The number of benzene rings is 7. The molecule has 0 aliphatic heterocycles. The minimum atomic E-state index is -0.212. The third-order valence-electron chi connectivity index (χ3n) is 12.5. The molecule has 0 heterocycles. The highest BCUT2D eigenvalue weighted by atomic mass is 16.5. The molecular formula is C62H63N5O4. The summed E-state index contributed by atoms with van der Waals surface area (Å²) in [5.74, 6) is 0.989. The van der Waals surface area contributed by atoms with E-state index in [9.17, 15) is 14.9 Å². The molecule has 7 aromatic carbocycles. The van der Waals surface area contributed by atoms with Gasteiger partial charge in [-0.15, -0.1) is 0 Å². The van der Waals surface area contributed by atoms with Gasteiger partial charge < -0.3 is 24.2 Å². The lowest BCUT2D eigenvalue weighted by Gasteiger charge is -2.26. The molecule has 0 saturated heterocycles. The third-order valence-corrected chi connectivity index (χ3v) is 12.5. The number of nitriles is 1. The van der Waals surface area contributed by atoms with Gasteiger partial charge in [-0.25, -0.2) is 4.85 Å². The summed E-state index contributed by atoms with van der Waals surface area (Å²) in [5.41, 5.74) is 10.2. The Bertz CT molecular complexity index is 2820. The van der Waals surface area contributed by atoms with E-state index < -0.39 is 0 Å². The highest BCUT2D eigenvalue weighted by Gasteiger charge is 2.18. The summed E-state index contributed by atoms with van der Waals surface area (Å²) in [6.07, 6.45) is 4.16. The van der Waals surface area contributed by atoms with E-state index in [4.69, 9.17) is 16.0 Å². The van der Waals surface area contributed by atoms with E-state index in [1.165, 1.54) is 0 Å². The Kier molecular flexibility index (Phi) is 18.6. The number of nitrogens with zero attached hydrogens (tertiary/aromatic N) is 5. The smallest absolute Gasteiger partial charge is 0.306 e. The van der Waals surface area contributed by atoms with Crippen molar-refractivity contribution in [2.24, 2.45) is 11.8 Å². The molecule has 9 nitrogen and oxygen atoms in total. The Balaban J connectivity index is 0.855. The van der Waals surface area contributed by atoms with Crippen molar-refractivity contribution in [3.63, 3.8) is 0 Å².